The fraction of sp³-hybridized carbons (Fsp3) is 0.351. The maximum atomic E-state index is 14.6. The van der Waals surface area contributed by atoms with Crippen LogP contribution in [-0.2, 0) is 9.53 Å². The number of rotatable bonds is 4. The number of nitrogen functional groups attached to an aromatic ring is 1. The number of pyridine rings is 1. The van der Waals surface area contributed by atoms with Gasteiger partial charge in [0.15, 0.2) is 0 Å². The van der Waals surface area contributed by atoms with E-state index in [0.29, 0.717) is 15.9 Å². The molecule has 5 nitrogen and oxygen atoms in total. The molecule has 44 heavy (non-hydrogen) atoms. The number of carbonyl (C=O) groups is 1. The molecule has 3 heterocycles. The largest absolute Gasteiger partial charge is 0.454 e. The van der Waals surface area contributed by atoms with Crippen LogP contribution in [0.4, 0.5) is 5.69 Å². The van der Waals surface area contributed by atoms with Crippen LogP contribution in [0.25, 0.3) is 0 Å². The molecule has 1 saturated carbocycles. The monoisotopic (exact) mass is 625 g/mol. The second-order valence-corrected chi connectivity index (χ2v) is 14.3. The Bertz CT molecular complexity index is 1670. The summed E-state index contributed by atoms with van der Waals surface area (Å²) in [6.45, 7) is 4.70. The first-order valence-electron chi connectivity index (χ1n) is 15.4. The fourth-order valence-electron chi connectivity index (χ4n) is 8.36. The normalized spacial score (nSPS) is 27.5. The zero-order chi connectivity index (χ0) is 30.6. The maximum Gasteiger partial charge on any atom is 0.324 e. The number of halogens is 2. The number of fused-ring (bicyclic) bond motifs is 2. The van der Waals surface area contributed by atoms with Crippen molar-refractivity contribution in [3.8, 4) is 0 Å². The first-order chi connectivity index (χ1) is 21.2. The molecule has 2 saturated heterocycles. The molecule has 3 aliphatic rings. The van der Waals surface area contributed by atoms with Crippen molar-refractivity contribution in [3.63, 3.8) is 0 Å². The Morgan fingerprint density at radius 3 is 2.11 bits per heavy atom. The number of hydrogen-bond donors (Lipinski definition) is 1. The fourth-order valence-corrected chi connectivity index (χ4v) is 8.72. The molecule has 7 heteroatoms. The van der Waals surface area contributed by atoms with Crippen molar-refractivity contribution >= 4 is 34.9 Å². The average molecular weight is 627 g/mol. The number of nitrogens with two attached hydrogens (primary N) is 1. The van der Waals surface area contributed by atoms with Gasteiger partial charge in [0.2, 0.25) is 0 Å². The Hall–Kier alpha value is -3.38. The molecule has 3 aromatic carbocycles. The summed E-state index contributed by atoms with van der Waals surface area (Å²) >= 11 is 13.0. The van der Waals surface area contributed by atoms with Gasteiger partial charge in [-0.25, -0.2) is 4.98 Å². The molecule has 1 unspecified atom stereocenters. The van der Waals surface area contributed by atoms with E-state index in [2.05, 4.69) is 66.2 Å². The lowest BCUT2D eigenvalue weighted by Crippen LogP contribution is -2.59. The third-order valence-electron chi connectivity index (χ3n) is 10.4. The third kappa shape index (κ3) is 4.90. The van der Waals surface area contributed by atoms with E-state index in [9.17, 15) is 4.79 Å². The van der Waals surface area contributed by atoms with Gasteiger partial charge in [0.1, 0.15) is 17.3 Å². The Kier molecular flexibility index (Phi) is 7.47. The molecule has 3 fully saturated rings. The Balaban J connectivity index is 1.52. The zero-order valence-electron chi connectivity index (χ0n) is 25.0. The minimum absolute atomic E-state index is 0.118. The summed E-state index contributed by atoms with van der Waals surface area (Å²) in [7, 11) is 0. The number of carbonyl (C=O) groups excluding carboxylic acids is 1. The quantitative estimate of drug-likeness (QED) is 0.139. The lowest BCUT2D eigenvalue weighted by Gasteiger charge is -2.55. The molecule has 1 aromatic heterocycles. The van der Waals surface area contributed by atoms with Crippen LogP contribution >= 0.6 is 23.2 Å². The summed E-state index contributed by atoms with van der Waals surface area (Å²) in [5, 5.41) is 0.989. The van der Waals surface area contributed by atoms with E-state index in [4.69, 9.17) is 33.7 Å². The topological polar surface area (TPSA) is 68.4 Å². The first-order valence-corrected chi connectivity index (χ1v) is 16.2. The van der Waals surface area contributed by atoms with Crippen molar-refractivity contribution in [2.75, 3.05) is 5.73 Å². The molecular formula is C37H37Cl2N3O2. The smallest absolute Gasteiger partial charge is 0.324 e. The van der Waals surface area contributed by atoms with Gasteiger partial charge in [-0.05, 0) is 77.6 Å². The number of cyclic esters (lactones) is 1. The number of morpholine rings is 1. The Labute approximate surface area is 269 Å². The second kappa shape index (κ2) is 11.2. The highest BCUT2D eigenvalue weighted by Crippen LogP contribution is 2.66. The number of anilines is 1. The molecule has 1 aliphatic carbocycles. The molecule has 226 valence electrons. The number of aromatic nitrogens is 1. The minimum Gasteiger partial charge on any atom is -0.454 e. The summed E-state index contributed by atoms with van der Waals surface area (Å²) in [6, 6.07) is 29.6. The lowest BCUT2D eigenvalue weighted by molar-refractivity contribution is -0.182. The van der Waals surface area contributed by atoms with Gasteiger partial charge in [0, 0.05) is 34.3 Å². The first kappa shape index (κ1) is 29.3. The van der Waals surface area contributed by atoms with E-state index in [1.807, 2.05) is 48.5 Å². The van der Waals surface area contributed by atoms with Crippen molar-refractivity contribution in [2.45, 2.75) is 75.1 Å². The number of hydrogen-bond acceptors (Lipinski definition) is 5. The Morgan fingerprint density at radius 2 is 1.48 bits per heavy atom. The van der Waals surface area contributed by atoms with Gasteiger partial charge in [-0.15, -0.1) is 0 Å². The predicted octanol–water partition coefficient (Wildman–Crippen LogP) is 8.90. The summed E-state index contributed by atoms with van der Waals surface area (Å²) in [5.41, 5.74) is 11.4. The van der Waals surface area contributed by atoms with Gasteiger partial charge in [0.25, 0.3) is 0 Å². The number of ether oxygens (including phenoxy) is 1. The molecule has 4 aromatic rings. The molecule has 5 atom stereocenters. The van der Waals surface area contributed by atoms with E-state index in [0.717, 1.165) is 47.9 Å². The second-order valence-electron chi connectivity index (χ2n) is 13.4. The molecule has 2 aliphatic heterocycles. The van der Waals surface area contributed by atoms with Crippen LogP contribution in [0.2, 0.25) is 10.2 Å². The van der Waals surface area contributed by atoms with Crippen molar-refractivity contribution in [3.05, 3.63) is 130 Å². The molecule has 0 amide bonds. The van der Waals surface area contributed by atoms with Gasteiger partial charge >= 0.3 is 5.97 Å². The summed E-state index contributed by atoms with van der Waals surface area (Å²) in [6.07, 6.45) is 5.13. The molecule has 0 bridgehead atoms. The van der Waals surface area contributed by atoms with Gasteiger partial charge in [-0.2, -0.15) is 0 Å². The van der Waals surface area contributed by atoms with Crippen molar-refractivity contribution in [2.24, 2.45) is 5.41 Å². The minimum atomic E-state index is -0.556. The zero-order valence-corrected chi connectivity index (χ0v) is 26.5. The predicted molar refractivity (Wildman–Crippen MR) is 176 cm³/mol. The average Bonchev–Trinajstić information content (AvgIpc) is 3.30. The van der Waals surface area contributed by atoms with E-state index < -0.39 is 17.7 Å². The summed E-state index contributed by atoms with van der Waals surface area (Å²) in [5.74, 6) is -0.605. The van der Waals surface area contributed by atoms with E-state index in [1.54, 1.807) is 6.20 Å². The van der Waals surface area contributed by atoms with Crippen LogP contribution in [0.5, 0.6) is 0 Å². The van der Waals surface area contributed by atoms with Crippen LogP contribution in [0.15, 0.2) is 97.2 Å². The summed E-state index contributed by atoms with van der Waals surface area (Å²) < 4.78 is 6.56. The van der Waals surface area contributed by atoms with Crippen molar-refractivity contribution < 1.29 is 9.53 Å². The van der Waals surface area contributed by atoms with Gasteiger partial charge < -0.3 is 10.5 Å². The van der Waals surface area contributed by atoms with E-state index >= 15 is 0 Å². The number of esters is 1. The maximum absolute atomic E-state index is 14.6. The Morgan fingerprint density at radius 1 is 0.818 bits per heavy atom. The molecule has 7 rings (SSSR count). The van der Waals surface area contributed by atoms with Gasteiger partial charge in [0.05, 0.1) is 6.04 Å². The highest BCUT2D eigenvalue weighted by molar-refractivity contribution is 6.30. The standard InChI is InChI=1S/C37H37Cl2N3O2/c1-36(2)16-18-37(19-17-36)31(27-14-13-26(38)22-28(27)40)30(25-15-20-41-29(39)21-25)33-35(43)44-34(24-11-7-4-8-12-24)32(42(33)37)23-9-5-3-6-10-23/h3-15,20-22,30-34H,16-19,40H2,1-2H3/t30-,31?,32-,33-,34+/m1/s1. The van der Waals surface area contributed by atoms with Gasteiger partial charge in [-0.3, -0.25) is 9.69 Å². The SMILES string of the molecule is CC1(C)CCC2(CC1)C(c1ccc(Cl)cc1N)[C@@H](c1ccnc(Cl)c1)[C@@H]1C(=O)O[C@@H](c3ccccc3)[C@@H](c3ccccc3)N12. The molecule has 1 spiro atoms. The molecule has 2 N–H and O–H groups in total. The van der Waals surface area contributed by atoms with Crippen LogP contribution < -0.4 is 5.73 Å². The van der Waals surface area contributed by atoms with E-state index in [-0.39, 0.29) is 29.3 Å². The molecular weight excluding hydrogens is 589 g/mol. The summed E-state index contributed by atoms with van der Waals surface area (Å²) in [4.78, 5) is 21.5. The lowest BCUT2D eigenvalue weighted by atomic mass is 9.61. The van der Waals surface area contributed by atoms with Crippen LogP contribution in [-0.4, -0.2) is 27.4 Å². The van der Waals surface area contributed by atoms with Gasteiger partial charge in [-0.1, -0.05) is 104 Å². The van der Waals surface area contributed by atoms with Crippen LogP contribution in [0.1, 0.15) is 85.8 Å². The van der Waals surface area contributed by atoms with Crippen molar-refractivity contribution in [1.29, 1.82) is 0 Å². The van der Waals surface area contributed by atoms with Crippen LogP contribution in [0.3, 0.4) is 0 Å². The van der Waals surface area contributed by atoms with Crippen LogP contribution in [0, 0.1) is 5.41 Å². The highest BCUT2D eigenvalue weighted by atomic mass is 35.5. The van der Waals surface area contributed by atoms with Crippen molar-refractivity contribution in [1.82, 2.24) is 9.88 Å². The number of benzene rings is 3. The highest BCUT2D eigenvalue weighted by Gasteiger charge is 2.67. The molecule has 0 radical (unpaired) electrons. The van der Waals surface area contributed by atoms with E-state index in [1.165, 1.54) is 0 Å². The number of nitrogens with zero attached hydrogens (tertiary/aromatic N) is 2. The third-order valence-corrected chi connectivity index (χ3v) is 10.9.